The zero-order valence-electron chi connectivity index (χ0n) is 25.1. The van der Waals surface area contributed by atoms with Gasteiger partial charge in [-0.25, -0.2) is 4.79 Å². The molecule has 0 saturated carbocycles. The Hall–Kier alpha value is -3.64. The average Bonchev–Trinajstić information content (AvgIpc) is 2.97. The first kappa shape index (κ1) is 30.3. The maximum atomic E-state index is 13.5. The zero-order chi connectivity index (χ0) is 29.2. The predicted molar refractivity (Wildman–Crippen MR) is 165 cm³/mol. The molecule has 2 amide bonds. The lowest BCUT2D eigenvalue weighted by atomic mass is 9.93. The van der Waals surface area contributed by atoms with Crippen molar-refractivity contribution in [2.24, 2.45) is 5.92 Å². The van der Waals surface area contributed by atoms with Crippen molar-refractivity contribution in [3.63, 3.8) is 0 Å². The Labute approximate surface area is 245 Å². The number of benzene rings is 3. The quantitative estimate of drug-likeness (QED) is 0.264. The smallest absolute Gasteiger partial charge is 0.318 e. The lowest BCUT2D eigenvalue weighted by Gasteiger charge is -2.34. The highest BCUT2D eigenvalue weighted by Crippen LogP contribution is 2.24. The van der Waals surface area contributed by atoms with Gasteiger partial charge in [-0.3, -0.25) is 9.69 Å². The number of likely N-dealkylation sites (tertiary alicyclic amines) is 1. The summed E-state index contributed by atoms with van der Waals surface area (Å²) in [6.07, 6.45) is 3.26. The minimum Gasteiger partial charge on any atom is -0.463 e. The van der Waals surface area contributed by atoms with Gasteiger partial charge in [0.1, 0.15) is 6.61 Å². The lowest BCUT2D eigenvalue weighted by molar-refractivity contribution is -0.142. The maximum absolute atomic E-state index is 13.5. The van der Waals surface area contributed by atoms with Crippen molar-refractivity contribution in [2.75, 3.05) is 26.2 Å². The standard InChI is InChI=1S/C35H45N3O3/c1-27-10-12-30(13-11-27)24-37-21-18-29(19-22-37)20-23-38(34(40)36-35(3,4)26-41-28(2)39)25-31-14-16-33(17-15-31)32-8-6-5-7-9-32/h5-17,29H,18-26H2,1-4H3,(H,36,40). The SMILES string of the molecule is CC(=O)OCC(C)(C)NC(=O)N(CCC1CCN(Cc2ccc(C)cc2)CC1)Cc1ccc(-c2ccccc2)cc1. The number of aryl methyl sites for hydroxylation is 1. The van der Waals surface area contributed by atoms with Crippen molar-refractivity contribution in [1.29, 1.82) is 0 Å². The Morgan fingerprint density at radius 2 is 1.51 bits per heavy atom. The van der Waals surface area contributed by atoms with Gasteiger partial charge in [0.05, 0.1) is 5.54 Å². The molecule has 3 aromatic carbocycles. The molecule has 0 aliphatic carbocycles. The topological polar surface area (TPSA) is 61.9 Å². The molecular weight excluding hydrogens is 510 g/mol. The molecule has 6 heteroatoms. The van der Waals surface area contributed by atoms with E-state index in [4.69, 9.17) is 4.74 Å². The number of piperidine rings is 1. The second-order valence-electron chi connectivity index (χ2n) is 12.1. The maximum Gasteiger partial charge on any atom is 0.318 e. The molecule has 0 radical (unpaired) electrons. The Balaban J connectivity index is 1.36. The van der Waals surface area contributed by atoms with Crippen LogP contribution in [0.2, 0.25) is 0 Å². The van der Waals surface area contributed by atoms with E-state index in [1.165, 1.54) is 23.6 Å². The molecule has 0 unspecified atom stereocenters. The molecule has 6 nitrogen and oxygen atoms in total. The van der Waals surface area contributed by atoms with E-state index in [9.17, 15) is 9.59 Å². The molecule has 4 rings (SSSR count). The van der Waals surface area contributed by atoms with E-state index < -0.39 is 5.54 Å². The van der Waals surface area contributed by atoms with Gasteiger partial charge in [0, 0.05) is 26.6 Å². The van der Waals surface area contributed by atoms with Gasteiger partial charge in [-0.2, -0.15) is 0 Å². The van der Waals surface area contributed by atoms with E-state index in [1.807, 2.05) is 36.9 Å². The number of nitrogens with zero attached hydrogens (tertiary/aromatic N) is 2. The summed E-state index contributed by atoms with van der Waals surface area (Å²) in [6.45, 7) is 11.8. The van der Waals surface area contributed by atoms with Crippen molar-refractivity contribution >= 4 is 12.0 Å². The number of nitrogens with one attached hydrogen (secondary N) is 1. The molecule has 0 aromatic heterocycles. The number of hydrogen-bond donors (Lipinski definition) is 1. The van der Waals surface area contributed by atoms with Crippen molar-refractivity contribution < 1.29 is 14.3 Å². The number of hydrogen-bond acceptors (Lipinski definition) is 4. The van der Waals surface area contributed by atoms with Crippen molar-refractivity contribution in [3.05, 3.63) is 95.6 Å². The fraction of sp³-hybridized carbons (Fsp3) is 0.429. The number of amides is 2. The van der Waals surface area contributed by atoms with E-state index in [2.05, 4.69) is 77.8 Å². The molecule has 1 N–H and O–H groups in total. The molecule has 3 aromatic rings. The van der Waals surface area contributed by atoms with E-state index in [-0.39, 0.29) is 18.6 Å². The summed E-state index contributed by atoms with van der Waals surface area (Å²) in [6, 6.07) is 27.5. The third-order valence-electron chi connectivity index (χ3n) is 7.84. The molecule has 1 heterocycles. The first-order valence-corrected chi connectivity index (χ1v) is 14.8. The Morgan fingerprint density at radius 1 is 0.902 bits per heavy atom. The van der Waals surface area contributed by atoms with E-state index >= 15 is 0 Å². The summed E-state index contributed by atoms with van der Waals surface area (Å²) < 4.78 is 5.20. The summed E-state index contributed by atoms with van der Waals surface area (Å²) in [5.41, 5.74) is 5.42. The van der Waals surface area contributed by atoms with Crippen LogP contribution in [-0.2, 0) is 22.6 Å². The monoisotopic (exact) mass is 555 g/mol. The number of ether oxygens (including phenoxy) is 1. The van der Waals surface area contributed by atoms with Gasteiger partial charge >= 0.3 is 12.0 Å². The van der Waals surface area contributed by atoms with Crippen LogP contribution in [0.3, 0.4) is 0 Å². The fourth-order valence-corrected chi connectivity index (χ4v) is 5.32. The average molecular weight is 556 g/mol. The van der Waals surface area contributed by atoms with Crippen molar-refractivity contribution in [1.82, 2.24) is 15.1 Å². The van der Waals surface area contributed by atoms with Crippen LogP contribution in [0.25, 0.3) is 11.1 Å². The molecule has 0 atom stereocenters. The Bertz CT molecular complexity index is 1250. The largest absolute Gasteiger partial charge is 0.463 e. The number of rotatable bonds is 11. The predicted octanol–water partition coefficient (Wildman–Crippen LogP) is 6.82. The molecule has 1 aliphatic rings. The van der Waals surface area contributed by atoms with Gasteiger partial charge in [-0.05, 0) is 81.3 Å². The minimum atomic E-state index is -0.667. The van der Waals surface area contributed by atoms with Crippen LogP contribution in [0.1, 0.15) is 56.7 Å². The molecule has 41 heavy (non-hydrogen) atoms. The molecule has 0 spiro atoms. The van der Waals surface area contributed by atoms with Crippen LogP contribution in [-0.4, -0.2) is 53.6 Å². The number of urea groups is 1. The normalized spacial score (nSPS) is 14.4. The molecule has 1 saturated heterocycles. The second kappa shape index (κ2) is 14.3. The summed E-state index contributed by atoms with van der Waals surface area (Å²) in [4.78, 5) is 29.3. The van der Waals surface area contributed by atoms with Crippen LogP contribution >= 0.6 is 0 Å². The third kappa shape index (κ3) is 9.75. The second-order valence-corrected chi connectivity index (χ2v) is 12.1. The van der Waals surface area contributed by atoms with E-state index in [0.717, 1.165) is 50.0 Å². The van der Waals surface area contributed by atoms with Gasteiger partial charge in [-0.15, -0.1) is 0 Å². The highest BCUT2D eigenvalue weighted by Gasteiger charge is 2.27. The first-order chi connectivity index (χ1) is 19.7. The highest BCUT2D eigenvalue weighted by molar-refractivity contribution is 5.75. The Kier molecular flexibility index (Phi) is 10.6. The van der Waals surface area contributed by atoms with Gasteiger partial charge in [0.15, 0.2) is 0 Å². The van der Waals surface area contributed by atoms with E-state index in [0.29, 0.717) is 19.0 Å². The van der Waals surface area contributed by atoms with Crippen LogP contribution in [0.5, 0.6) is 0 Å². The minimum absolute atomic E-state index is 0.132. The molecule has 1 fully saturated rings. The van der Waals surface area contributed by atoms with Gasteiger partial charge in [0.2, 0.25) is 0 Å². The summed E-state index contributed by atoms with van der Waals surface area (Å²) in [5.74, 6) is 0.241. The first-order valence-electron chi connectivity index (χ1n) is 14.8. The number of esters is 1. The summed E-state index contributed by atoms with van der Waals surface area (Å²) >= 11 is 0. The number of carbonyl (C=O) groups is 2. The van der Waals surface area contributed by atoms with Crippen LogP contribution in [0.4, 0.5) is 4.79 Å². The molecular formula is C35H45N3O3. The van der Waals surface area contributed by atoms with Gasteiger partial charge in [0.25, 0.3) is 0 Å². The lowest BCUT2D eigenvalue weighted by Crippen LogP contribution is -2.52. The van der Waals surface area contributed by atoms with Crippen LogP contribution in [0, 0.1) is 12.8 Å². The van der Waals surface area contributed by atoms with E-state index in [1.54, 1.807) is 0 Å². The van der Waals surface area contributed by atoms with Gasteiger partial charge in [-0.1, -0.05) is 84.4 Å². The molecule has 0 bridgehead atoms. The Morgan fingerprint density at radius 3 is 2.15 bits per heavy atom. The van der Waals surface area contributed by atoms with Crippen molar-refractivity contribution in [2.45, 2.75) is 65.6 Å². The molecule has 218 valence electrons. The zero-order valence-corrected chi connectivity index (χ0v) is 25.1. The third-order valence-corrected chi connectivity index (χ3v) is 7.84. The summed E-state index contributed by atoms with van der Waals surface area (Å²) in [5, 5.41) is 3.10. The van der Waals surface area contributed by atoms with Crippen molar-refractivity contribution in [3.8, 4) is 11.1 Å². The fourth-order valence-electron chi connectivity index (χ4n) is 5.32. The summed E-state index contributed by atoms with van der Waals surface area (Å²) in [7, 11) is 0. The van der Waals surface area contributed by atoms with Gasteiger partial charge < -0.3 is 15.0 Å². The van der Waals surface area contributed by atoms with Crippen LogP contribution < -0.4 is 5.32 Å². The number of carbonyl (C=O) groups excluding carboxylic acids is 2. The highest BCUT2D eigenvalue weighted by atomic mass is 16.5. The molecule has 1 aliphatic heterocycles. The van der Waals surface area contributed by atoms with Crippen LogP contribution in [0.15, 0.2) is 78.9 Å².